The zero-order valence-electron chi connectivity index (χ0n) is 16.2. The van der Waals surface area contributed by atoms with Crippen molar-refractivity contribution in [3.05, 3.63) is 33.6 Å². The van der Waals surface area contributed by atoms with Gasteiger partial charge in [-0.2, -0.15) is 0 Å². The first-order valence-electron chi connectivity index (χ1n) is 9.29. The number of H-pyrrole nitrogens is 1. The Labute approximate surface area is 167 Å². The summed E-state index contributed by atoms with van der Waals surface area (Å²) in [4.78, 5) is 26.4. The fourth-order valence-corrected chi connectivity index (χ4v) is 4.28. The van der Waals surface area contributed by atoms with Gasteiger partial charge in [-0.05, 0) is 39.0 Å². The molecule has 0 radical (unpaired) electrons. The number of carbonyl (C=O) groups is 1. The van der Waals surface area contributed by atoms with Crippen LogP contribution in [0.15, 0.2) is 28.7 Å². The molecule has 0 aliphatic carbocycles. The standard InChI is InChI=1S/C19H26N4O4S/c1-4-27-18(24)15-7-11(12(22-15)5-6-20)10(2)21-13-9-17-14(8-16(13)26-3)23-19(25)28-17/h7-12,21-22H,4-6,20H2,1-3H3,(H,23,25). The molecule has 3 atom stereocenters. The van der Waals surface area contributed by atoms with Gasteiger partial charge in [-0.15, -0.1) is 0 Å². The molecule has 0 amide bonds. The summed E-state index contributed by atoms with van der Waals surface area (Å²) in [5.41, 5.74) is 7.78. The van der Waals surface area contributed by atoms with Crippen LogP contribution in [0.2, 0.25) is 0 Å². The van der Waals surface area contributed by atoms with Crippen LogP contribution in [0.3, 0.4) is 0 Å². The van der Waals surface area contributed by atoms with Crippen molar-refractivity contribution in [2.45, 2.75) is 32.4 Å². The molecule has 1 aliphatic heterocycles. The summed E-state index contributed by atoms with van der Waals surface area (Å²) in [6, 6.07) is 3.73. The highest BCUT2D eigenvalue weighted by atomic mass is 32.1. The van der Waals surface area contributed by atoms with Crippen LogP contribution >= 0.6 is 11.3 Å². The minimum Gasteiger partial charge on any atom is -0.495 e. The number of methoxy groups -OCH3 is 1. The number of nitrogens with one attached hydrogen (secondary N) is 3. The monoisotopic (exact) mass is 406 g/mol. The third kappa shape index (κ3) is 4.15. The number of anilines is 1. The fraction of sp³-hybridized carbons (Fsp3) is 0.474. The second kappa shape index (κ2) is 8.66. The van der Waals surface area contributed by atoms with Gasteiger partial charge in [0.05, 0.1) is 29.6 Å². The molecule has 152 valence electrons. The predicted octanol–water partition coefficient (Wildman–Crippen LogP) is 1.78. The van der Waals surface area contributed by atoms with Gasteiger partial charge in [-0.1, -0.05) is 11.3 Å². The van der Waals surface area contributed by atoms with Crippen LogP contribution in [-0.2, 0) is 9.53 Å². The predicted molar refractivity (Wildman–Crippen MR) is 111 cm³/mol. The van der Waals surface area contributed by atoms with Gasteiger partial charge < -0.3 is 30.8 Å². The molecule has 1 aliphatic rings. The van der Waals surface area contributed by atoms with Crippen LogP contribution in [0.25, 0.3) is 10.2 Å². The Morgan fingerprint density at radius 1 is 1.43 bits per heavy atom. The van der Waals surface area contributed by atoms with Gasteiger partial charge >= 0.3 is 10.8 Å². The maximum absolute atomic E-state index is 12.1. The van der Waals surface area contributed by atoms with Crippen molar-refractivity contribution in [3.63, 3.8) is 0 Å². The molecule has 8 nitrogen and oxygen atoms in total. The maximum Gasteiger partial charge on any atom is 0.354 e. The van der Waals surface area contributed by atoms with E-state index in [4.69, 9.17) is 15.2 Å². The Kier molecular flexibility index (Phi) is 6.25. The molecule has 0 saturated carbocycles. The van der Waals surface area contributed by atoms with E-state index in [0.717, 1.165) is 33.7 Å². The SMILES string of the molecule is CCOC(=O)C1=CC(C(C)Nc2cc3sc(=O)[nH]c3cc2OC)C(CCN)N1. The highest BCUT2D eigenvalue weighted by Crippen LogP contribution is 2.33. The molecule has 0 saturated heterocycles. The van der Waals surface area contributed by atoms with Crippen molar-refractivity contribution in [1.82, 2.24) is 10.3 Å². The lowest BCUT2D eigenvalue weighted by molar-refractivity contribution is -0.138. The zero-order valence-corrected chi connectivity index (χ0v) is 17.0. The number of nitrogens with two attached hydrogens (primary N) is 1. The summed E-state index contributed by atoms with van der Waals surface area (Å²) >= 11 is 1.15. The van der Waals surface area contributed by atoms with E-state index in [0.29, 0.717) is 24.6 Å². The third-order valence-electron chi connectivity index (χ3n) is 4.84. The van der Waals surface area contributed by atoms with Crippen molar-refractivity contribution in [3.8, 4) is 5.75 Å². The quantitative estimate of drug-likeness (QED) is 0.494. The second-order valence-corrected chi connectivity index (χ2v) is 7.72. The van der Waals surface area contributed by atoms with E-state index in [1.165, 1.54) is 0 Å². The number of benzene rings is 1. The average Bonchev–Trinajstić information content (AvgIpc) is 3.24. The first-order valence-corrected chi connectivity index (χ1v) is 10.1. The Hall–Kier alpha value is -2.52. The molecule has 2 aromatic rings. The minimum atomic E-state index is -0.352. The number of ether oxygens (including phenoxy) is 2. The van der Waals surface area contributed by atoms with Gasteiger partial charge in [0, 0.05) is 24.1 Å². The summed E-state index contributed by atoms with van der Waals surface area (Å²) in [7, 11) is 1.59. The van der Waals surface area contributed by atoms with E-state index in [-0.39, 0.29) is 28.8 Å². The van der Waals surface area contributed by atoms with Crippen LogP contribution in [0.4, 0.5) is 5.69 Å². The van der Waals surface area contributed by atoms with Crippen molar-refractivity contribution >= 4 is 33.2 Å². The van der Waals surface area contributed by atoms with Crippen LogP contribution in [0.5, 0.6) is 5.75 Å². The molecule has 9 heteroatoms. The summed E-state index contributed by atoms with van der Waals surface area (Å²) in [5, 5.41) is 6.72. The van der Waals surface area contributed by atoms with Crippen molar-refractivity contribution in [2.24, 2.45) is 11.7 Å². The first kappa shape index (κ1) is 20.2. The summed E-state index contributed by atoms with van der Waals surface area (Å²) < 4.78 is 11.5. The normalized spacial score (nSPS) is 19.8. The number of hydrogen-bond donors (Lipinski definition) is 4. The van der Waals surface area contributed by atoms with Crippen molar-refractivity contribution < 1.29 is 14.3 Å². The fourth-order valence-electron chi connectivity index (χ4n) is 3.53. The summed E-state index contributed by atoms with van der Waals surface area (Å²) in [6.07, 6.45) is 2.64. The molecule has 3 rings (SSSR count). The number of aromatic amines is 1. The van der Waals surface area contributed by atoms with Gasteiger partial charge in [0.15, 0.2) is 0 Å². The number of carbonyl (C=O) groups excluding carboxylic acids is 1. The van der Waals surface area contributed by atoms with Crippen LogP contribution < -0.4 is 26.0 Å². The molecule has 1 aromatic carbocycles. The van der Waals surface area contributed by atoms with Crippen LogP contribution in [0.1, 0.15) is 20.3 Å². The third-order valence-corrected chi connectivity index (χ3v) is 5.68. The maximum atomic E-state index is 12.1. The Morgan fingerprint density at radius 3 is 2.89 bits per heavy atom. The molecule has 1 aromatic heterocycles. The van der Waals surface area contributed by atoms with E-state index in [1.54, 1.807) is 14.0 Å². The Morgan fingerprint density at radius 2 is 2.21 bits per heavy atom. The molecule has 0 spiro atoms. The second-order valence-electron chi connectivity index (χ2n) is 6.70. The van der Waals surface area contributed by atoms with Gasteiger partial charge in [-0.3, -0.25) is 4.79 Å². The molecule has 5 N–H and O–H groups in total. The highest BCUT2D eigenvalue weighted by molar-refractivity contribution is 7.16. The van der Waals surface area contributed by atoms with E-state index in [2.05, 4.69) is 15.6 Å². The van der Waals surface area contributed by atoms with Gasteiger partial charge in [0.25, 0.3) is 0 Å². The topological polar surface area (TPSA) is 118 Å². The Balaban J connectivity index is 1.85. The van der Waals surface area contributed by atoms with Crippen LogP contribution in [0, 0.1) is 5.92 Å². The van der Waals surface area contributed by atoms with E-state index in [1.807, 2.05) is 25.1 Å². The number of fused-ring (bicyclic) bond motifs is 1. The molecule has 2 heterocycles. The van der Waals surface area contributed by atoms with Gasteiger partial charge in [-0.25, -0.2) is 4.79 Å². The number of thiazole rings is 1. The average molecular weight is 407 g/mol. The molecular weight excluding hydrogens is 380 g/mol. The first-order chi connectivity index (χ1) is 13.5. The zero-order chi connectivity index (χ0) is 20.3. The van der Waals surface area contributed by atoms with Crippen molar-refractivity contribution in [2.75, 3.05) is 25.6 Å². The molecule has 0 bridgehead atoms. The molecule has 28 heavy (non-hydrogen) atoms. The van der Waals surface area contributed by atoms with E-state index in [9.17, 15) is 9.59 Å². The largest absolute Gasteiger partial charge is 0.495 e. The number of hydrogen-bond acceptors (Lipinski definition) is 8. The lowest BCUT2D eigenvalue weighted by atomic mass is 9.92. The Bertz CT molecular complexity index is 936. The van der Waals surface area contributed by atoms with E-state index < -0.39 is 0 Å². The van der Waals surface area contributed by atoms with Crippen LogP contribution in [-0.4, -0.2) is 43.3 Å². The lowest BCUT2D eigenvalue weighted by Gasteiger charge is -2.27. The van der Waals surface area contributed by atoms with Gasteiger partial charge in [0.2, 0.25) is 0 Å². The summed E-state index contributed by atoms with van der Waals surface area (Å²) in [6.45, 7) is 4.67. The lowest BCUT2D eigenvalue weighted by Crippen LogP contribution is -2.39. The highest BCUT2D eigenvalue weighted by Gasteiger charge is 2.33. The number of aromatic nitrogens is 1. The molecular formula is C19H26N4O4S. The van der Waals surface area contributed by atoms with E-state index >= 15 is 0 Å². The van der Waals surface area contributed by atoms with Gasteiger partial charge in [0.1, 0.15) is 11.4 Å². The number of rotatable bonds is 8. The van der Waals surface area contributed by atoms with Crippen molar-refractivity contribution in [1.29, 1.82) is 0 Å². The molecule has 0 fully saturated rings. The number of esters is 1. The minimum absolute atomic E-state index is 0.0157. The smallest absolute Gasteiger partial charge is 0.354 e. The molecule has 3 unspecified atom stereocenters. The summed E-state index contributed by atoms with van der Waals surface area (Å²) in [5.74, 6) is 0.327.